The maximum absolute atomic E-state index is 5.71. The first kappa shape index (κ1) is 14.1. The zero-order valence-corrected chi connectivity index (χ0v) is 12.3. The third-order valence-corrected chi connectivity index (χ3v) is 3.71. The molecule has 112 valence electrons. The summed E-state index contributed by atoms with van der Waals surface area (Å²) in [5, 5.41) is 7.41. The summed E-state index contributed by atoms with van der Waals surface area (Å²) >= 11 is 0. The highest BCUT2D eigenvalue weighted by Gasteiger charge is 2.21. The summed E-state index contributed by atoms with van der Waals surface area (Å²) in [4.78, 5) is 4.48. The van der Waals surface area contributed by atoms with Gasteiger partial charge in [-0.05, 0) is 44.0 Å². The van der Waals surface area contributed by atoms with Crippen molar-refractivity contribution in [2.75, 3.05) is 19.7 Å². The topological polar surface area (TPSA) is 60.2 Å². The number of nitrogens with zero attached hydrogens (tertiary/aromatic N) is 2. The zero-order chi connectivity index (χ0) is 14.5. The van der Waals surface area contributed by atoms with E-state index in [9.17, 15) is 0 Å². The molecule has 1 fully saturated rings. The second kappa shape index (κ2) is 6.72. The molecule has 1 aliphatic rings. The quantitative estimate of drug-likeness (QED) is 0.915. The summed E-state index contributed by atoms with van der Waals surface area (Å²) in [7, 11) is 0. The standard InChI is InChI=1S/C16H21N3O2/c1-12-4-2-6-14(10-12)20-9-7-15-18-16(21-19-15)13-5-3-8-17-11-13/h2,4,6,10,13,17H,3,5,7-9,11H2,1H3/t13-/m1/s1. The minimum absolute atomic E-state index is 0.359. The third-order valence-electron chi connectivity index (χ3n) is 3.71. The number of ether oxygens (including phenoxy) is 1. The van der Waals surface area contributed by atoms with Gasteiger partial charge in [-0.1, -0.05) is 17.3 Å². The Labute approximate surface area is 124 Å². The number of aryl methyl sites for hydroxylation is 1. The molecule has 0 amide bonds. The van der Waals surface area contributed by atoms with Crippen LogP contribution in [0.5, 0.6) is 5.75 Å². The van der Waals surface area contributed by atoms with Gasteiger partial charge in [0.15, 0.2) is 5.82 Å². The SMILES string of the molecule is Cc1cccc(OCCc2noc([C@@H]3CCCNC3)n2)c1. The fourth-order valence-electron chi connectivity index (χ4n) is 2.56. The maximum atomic E-state index is 5.71. The molecule has 0 spiro atoms. The Balaban J connectivity index is 1.50. The molecule has 1 saturated heterocycles. The molecule has 5 nitrogen and oxygen atoms in total. The smallest absolute Gasteiger partial charge is 0.231 e. The minimum atomic E-state index is 0.359. The number of benzene rings is 1. The fraction of sp³-hybridized carbons (Fsp3) is 0.500. The van der Waals surface area contributed by atoms with E-state index in [0.29, 0.717) is 18.9 Å². The van der Waals surface area contributed by atoms with E-state index in [0.717, 1.165) is 37.0 Å². The second-order valence-electron chi connectivity index (χ2n) is 5.51. The van der Waals surface area contributed by atoms with Gasteiger partial charge in [-0.15, -0.1) is 0 Å². The molecule has 2 heterocycles. The third kappa shape index (κ3) is 3.82. The van der Waals surface area contributed by atoms with Crippen LogP contribution in [0.25, 0.3) is 0 Å². The van der Waals surface area contributed by atoms with Crippen LogP contribution in [0.1, 0.15) is 36.0 Å². The molecule has 0 saturated carbocycles. The monoisotopic (exact) mass is 287 g/mol. The van der Waals surface area contributed by atoms with Crippen molar-refractivity contribution in [3.8, 4) is 5.75 Å². The van der Waals surface area contributed by atoms with Gasteiger partial charge in [0.25, 0.3) is 0 Å². The van der Waals surface area contributed by atoms with Crippen molar-refractivity contribution in [2.24, 2.45) is 0 Å². The molecule has 0 unspecified atom stereocenters. The van der Waals surface area contributed by atoms with Crippen molar-refractivity contribution in [3.63, 3.8) is 0 Å². The largest absolute Gasteiger partial charge is 0.493 e. The molecule has 1 aromatic carbocycles. The Morgan fingerprint density at radius 1 is 1.43 bits per heavy atom. The highest BCUT2D eigenvalue weighted by molar-refractivity contribution is 5.27. The average Bonchev–Trinajstić information content (AvgIpc) is 2.97. The Morgan fingerprint density at radius 2 is 2.38 bits per heavy atom. The fourth-order valence-corrected chi connectivity index (χ4v) is 2.56. The normalized spacial score (nSPS) is 18.6. The molecule has 0 radical (unpaired) electrons. The average molecular weight is 287 g/mol. The minimum Gasteiger partial charge on any atom is -0.493 e. The number of hydrogen-bond acceptors (Lipinski definition) is 5. The first-order chi connectivity index (χ1) is 10.3. The summed E-state index contributed by atoms with van der Waals surface area (Å²) in [5.41, 5.74) is 1.19. The van der Waals surface area contributed by atoms with E-state index in [1.807, 2.05) is 18.2 Å². The van der Waals surface area contributed by atoms with E-state index in [1.165, 1.54) is 12.0 Å². The van der Waals surface area contributed by atoms with Crippen LogP contribution in [-0.2, 0) is 6.42 Å². The molecule has 21 heavy (non-hydrogen) atoms. The van der Waals surface area contributed by atoms with Crippen molar-refractivity contribution in [1.29, 1.82) is 0 Å². The lowest BCUT2D eigenvalue weighted by Crippen LogP contribution is -2.28. The van der Waals surface area contributed by atoms with Gasteiger partial charge >= 0.3 is 0 Å². The van der Waals surface area contributed by atoms with Gasteiger partial charge in [-0.25, -0.2) is 0 Å². The van der Waals surface area contributed by atoms with E-state index >= 15 is 0 Å². The van der Waals surface area contributed by atoms with Gasteiger partial charge < -0.3 is 14.6 Å². The van der Waals surface area contributed by atoms with Crippen LogP contribution in [0.3, 0.4) is 0 Å². The van der Waals surface area contributed by atoms with Crippen LogP contribution in [0.2, 0.25) is 0 Å². The molecule has 0 aliphatic carbocycles. The van der Waals surface area contributed by atoms with Crippen LogP contribution >= 0.6 is 0 Å². The molecule has 1 aliphatic heterocycles. The van der Waals surface area contributed by atoms with Gasteiger partial charge in [-0.3, -0.25) is 0 Å². The molecule has 3 rings (SSSR count). The second-order valence-corrected chi connectivity index (χ2v) is 5.51. The lowest BCUT2D eigenvalue weighted by molar-refractivity contribution is 0.306. The number of nitrogens with one attached hydrogen (secondary N) is 1. The predicted molar refractivity (Wildman–Crippen MR) is 79.5 cm³/mol. The highest BCUT2D eigenvalue weighted by atomic mass is 16.5. The number of aromatic nitrogens is 2. The lowest BCUT2D eigenvalue weighted by Gasteiger charge is -2.18. The number of hydrogen-bond donors (Lipinski definition) is 1. The number of piperidine rings is 1. The van der Waals surface area contributed by atoms with Crippen LogP contribution in [0, 0.1) is 6.92 Å². The zero-order valence-electron chi connectivity index (χ0n) is 12.3. The van der Waals surface area contributed by atoms with Crippen molar-refractivity contribution < 1.29 is 9.26 Å². The Morgan fingerprint density at radius 3 is 3.19 bits per heavy atom. The molecular formula is C16H21N3O2. The molecule has 2 aromatic rings. The van der Waals surface area contributed by atoms with E-state index in [4.69, 9.17) is 9.26 Å². The number of rotatable bonds is 5. The molecule has 1 atom stereocenters. The maximum Gasteiger partial charge on any atom is 0.231 e. The van der Waals surface area contributed by atoms with Crippen molar-refractivity contribution in [2.45, 2.75) is 32.1 Å². The summed E-state index contributed by atoms with van der Waals surface area (Å²) in [6.45, 7) is 4.63. The van der Waals surface area contributed by atoms with E-state index in [2.05, 4.69) is 28.4 Å². The molecular weight excluding hydrogens is 266 g/mol. The van der Waals surface area contributed by atoms with Gasteiger partial charge in [0.05, 0.1) is 12.5 Å². The molecule has 0 bridgehead atoms. The first-order valence-corrected chi connectivity index (χ1v) is 7.54. The van der Waals surface area contributed by atoms with Gasteiger partial charge in [0, 0.05) is 13.0 Å². The highest BCUT2D eigenvalue weighted by Crippen LogP contribution is 2.21. The predicted octanol–water partition coefficient (Wildman–Crippen LogP) is 2.47. The Kier molecular flexibility index (Phi) is 4.50. The first-order valence-electron chi connectivity index (χ1n) is 7.54. The van der Waals surface area contributed by atoms with E-state index in [-0.39, 0.29) is 0 Å². The van der Waals surface area contributed by atoms with Crippen molar-refractivity contribution in [1.82, 2.24) is 15.5 Å². The van der Waals surface area contributed by atoms with Gasteiger partial charge in [0.2, 0.25) is 5.89 Å². The van der Waals surface area contributed by atoms with Gasteiger partial charge in [-0.2, -0.15) is 4.98 Å². The summed E-state index contributed by atoms with van der Waals surface area (Å²) in [5.74, 6) is 2.73. The van der Waals surface area contributed by atoms with Crippen LogP contribution in [0.4, 0.5) is 0 Å². The summed E-state index contributed by atoms with van der Waals surface area (Å²) in [6, 6.07) is 8.03. The van der Waals surface area contributed by atoms with E-state index < -0.39 is 0 Å². The Hall–Kier alpha value is -1.88. The van der Waals surface area contributed by atoms with Crippen LogP contribution < -0.4 is 10.1 Å². The lowest BCUT2D eigenvalue weighted by atomic mass is 10.00. The Bertz CT molecular complexity index is 576. The molecule has 5 heteroatoms. The summed E-state index contributed by atoms with van der Waals surface area (Å²) < 4.78 is 11.1. The van der Waals surface area contributed by atoms with Crippen LogP contribution in [0.15, 0.2) is 28.8 Å². The van der Waals surface area contributed by atoms with Crippen molar-refractivity contribution >= 4 is 0 Å². The summed E-state index contributed by atoms with van der Waals surface area (Å²) in [6.07, 6.45) is 2.95. The van der Waals surface area contributed by atoms with Crippen molar-refractivity contribution in [3.05, 3.63) is 41.5 Å². The van der Waals surface area contributed by atoms with Gasteiger partial charge in [0.1, 0.15) is 5.75 Å². The van der Waals surface area contributed by atoms with E-state index in [1.54, 1.807) is 0 Å². The molecule has 1 aromatic heterocycles. The molecule has 1 N–H and O–H groups in total. The van der Waals surface area contributed by atoms with Crippen LogP contribution in [-0.4, -0.2) is 29.8 Å².